The van der Waals surface area contributed by atoms with Crippen molar-refractivity contribution in [3.8, 4) is 0 Å². The fourth-order valence-electron chi connectivity index (χ4n) is 2.93. The minimum atomic E-state index is -0.180. The van der Waals surface area contributed by atoms with E-state index in [1.807, 2.05) is 0 Å². The van der Waals surface area contributed by atoms with Crippen molar-refractivity contribution >= 4 is 11.8 Å². The van der Waals surface area contributed by atoms with E-state index in [4.69, 9.17) is 5.73 Å². The van der Waals surface area contributed by atoms with Crippen LogP contribution in [-0.4, -0.2) is 30.4 Å². The predicted molar refractivity (Wildman–Crippen MR) is 68.7 cm³/mol. The minimum absolute atomic E-state index is 0.0333. The van der Waals surface area contributed by atoms with E-state index in [2.05, 4.69) is 10.6 Å². The molecule has 0 aromatic rings. The van der Waals surface area contributed by atoms with Crippen LogP contribution in [0.25, 0.3) is 0 Å². The third-order valence-corrected chi connectivity index (χ3v) is 4.10. The lowest BCUT2D eigenvalue weighted by atomic mass is 9.85. The lowest BCUT2D eigenvalue weighted by Gasteiger charge is -2.30. The summed E-state index contributed by atoms with van der Waals surface area (Å²) < 4.78 is 0. The molecule has 1 saturated heterocycles. The average molecular weight is 253 g/mol. The maximum absolute atomic E-state index is 11.8. The molecule has 0 aromatic carbocycles. The smallest absolute Gasteiger partial charge is 0.237 e. The summed E-state index contributed by atoms with van der Waals surface area (Å²) >= 11 is 0. The molecule has 2 fully saturated rings. The molecule has 0 aromatic heterocycles. The van der Waals surface area contributed by atoms with E-state index in [1.54, 1.807) is 0 Å². The molecule has 0 radical (unpaired) electrons. The van der Waals surface area contributed by atoms with Gasteiger partial charge in [-0.05, 0) is 44.9 Å². The largest absolute Gasteiger partial charge is 0.369 e. The van der Waals surface area contributed by atoms with E-state index in [1.165, 1.54) is 0 Å². The summed E-state index contributed by atoms with van der Waals surface area (Å²) in [7, 11) is 0. The second-order valence-corrected chi connectivity index (χ2v) is 5.46. The van der Waals surface area contributed by atoms with E-state index in [9.17, 15) is 9.59 Å². The van der Waals surface area contributed by atoms with Gasteiger partial charge in [0.05, 0.1) is 6.04 Å². The van der Waals surface area contributed by atoms with Gasteiger partial charge in [-0.25, -0.2) is 0 Å². The summed E-state index contributed by atoms with van der Waals surface area (Å²) in [6.45, 7) is 0.797. The number of carbonyl (C=O) groups excluding carboxylic acids is 2. The Labute approximate surface area is 108 Å². The van der Waals surface area contributed by atoms with Crippen molar-refractivity contribution < 1.29 is 9.59 Å². The molecule has 1 aliphatic carbocycles. The van der Waals surface area contributed by atoms with Crippen LogP contribution in [0.5, 0.6) is 0 Å². The van der Waals surface area contributed by atoms with Crippen LogP contribution in [0.4, 0.5) is 0 Å². The van der Waals surface area contributed by atoms with E-state index in [-0.39, 0.29) is 23.8 Å². The number of nitrogens with one attached hydrogen (secondary N) is 2. The van der Waals surface area contributed by atoms with Crippen LogP contribution in [0.2, 0.25) is 0 Å². The number of rotatable bonds is 3. The predicted octanol–water partition coefficient (Wildman–Crippen LogP) is 0.289. The Hall–Kier alpha value is -1.10. The molecule has 0 spiro atoms. The molecule has 4 N–H and O–H groups in total. The molecule has 1 heterocycles. The maximum atomic E-state index is 11.8. The van der Waals surface area contributed by atoms with Gasteiger partial charge in [0, 0.05) is 18.5 Å². The molecule has 1 atom stereocenters. The molecule has 1 aliphatic heterocycles. The van der Waals surface area contributed by atoms with Gasteiger partial charge in [-0.2, -0.15) is 0 Å². The van der Waals surface area contributed by atoms with Crippen molar-refractivity contribution in [2.24, 2.45) is 11.7 Å². The van der Waals surface area contributed by atoms with E-state index in [0.29, 0.717) is 6.04 Å². The zero-order valence-corrected chi connectivity index (χ0v) is 10.8. The number of hydrogen-bond donors (Lipinski definition) is 3. The summed E-state index contributed by atoms with van der Waals surface area (Å²) in [6.07, 6.45) is 6.66. The van der Waals surface area contributed by atoms with E-state index < -0.39 is 0 Å². The first-order chi connectivity index (χ1) is 8.66. The molecule has 2 amide bonds. The Kier molecular flexibility index (Phi) is 4.58. The zero-order valence-electron chi connectivity index (χ0n) is 10.8. The van der Waals surface area contributed by atoms with Crippen molar-refractivity contribution in [1.82, 2.24) is 10.6 Å². The number of hydrogen-bond acceptors (Lipinski definition) is 3. The van der Waals surface area contributed by atoms with Crippen LogP contribution in [0.1, 0.15) is 44.9 Å². The number of amides is 2. The van der Waals surface area contributed by atoms with Crippen molar-refractivity contribution in [3.63, 3.8) is 0 Å². The van der Waals surface area contributed by atoms with Gasteiger partial charge < -0.3 is 16.4 Å². The molecule has 0 bridgehead atoms. The van der Waals surface area contributed by atoms with Gasteiger partial charge in [0.15, 0.2) is 0 Å². The van der Waals surface area contributed by atoms with Gasteiger partial charge in [0.2, 0.25) is 11.8 Å². The highest BCUT2D eigenvalue weighted by molar-refractivity contribution is 5.82. The highest BCUT2D eigenvalue weighted by Crippen LogP contribution is 2.24. The number of carbonyl (C=O) groups is 2. The SMILES string of the molecule is NC(=O)C1CCC(NC2CCCCNC2=O)CC1. The fraction of sp³-hybridized carbons (Fsp3) is 0.846. The third kappa shape index (κ3) is 3.45. The van der Waals surface area contributed by atoms with Crippen molar-refractivity contribution in [1.29, 1.82) is 0 Å². The summed E-state index contributed by atoms with van der Waals surface area (Å²) in [5.41, 5.74) is 5.32. The molecule has 1 saturated carbocycles. The first kappa shape index (κ1) is 13.3. The lowest BCUT2D eigenvalue weighted by Crippen LogP contribution is -2.48. The quantitative estimate of drug-likeness (QED) is 0.676. The molecule has 18 heavy (non-hydrogen) atoms. The van der Waals surface area contributed by atoms with Crippen LogP contribution in [-0.2, 0) is 9.59 Å². The molecule has 5 heteroatoms. The van der Waals surface area contributed by atoms with Gasteiger partial charge in [0.1, 0.15) is 0 Å². The normalized spacial score (nSPS) is 33.6. The Morgan fingerprint density at radius 3 is 2.56 bits per heavy atom. The van der Waals surface area contributed by atoms with Crippen LogP contribution in [0, 0.1) is 5.92 Å². The van der Waals surface area contributed by atoms with E-state index in [0.717, 1.165) is 51.5 Å². The van der Waals surface area contributed by atoms with Crippen LogP contribution in [0.15, 0.2) is 0 Å². The topological polar surface area (TPSA) is 84.2 Å². The Balaban J connectivity index is 1.79. The monoisotopic (exact) mass is 253 g/mol. The number of nitrogens with two attached hydrogens (primary N) is 1. The molecule has 102 valence electrons. The molecular weight excluding hydrogens is 230 g/mol. The Morgan fingerprint density at radius 1 is 1.17 bits per heavy atom. The van der Waals surface area contributed by atoms with Crippen molar-refractivity contribution in [3.05, 3.63) is 0 Å². The average Bonchev–Trinajstić information content (AvgIpc) is 2.56. The molecule has 5 nitrogen and oxygen atoms in total. The zero-order chi connectivity index (χ0) is 13.0. The van der Waals surface area contributed by atoms with Crippen molar-refractivity contribution in [2.75, 3.05) is 6.54 Å². The van der Waals surface area contributed by atoms with Crippen LogP contribution < -0.4 is 16.4 Å². The Morgan fingerprint density at radius 2 is 1.89 bits per heavy atom. The van der Waals surface area contributed by atoms with Gasteiger partial charge in [-0.15, -0.1) is 0 Å². The van der Waals surface area contributed by atoms with Crippen molar-refractivity contribution in [2.45, 2.75) is 57.0 Å². The summed E-state index contributed by atoms with van der Waals surface area (Å²) in [6, 6.07) is 0.303. The first-order valence-corrected chi connectivity index (χ1v) is 7.00. The highest BCUT2D eigenvalue weighted by Gasteiger charge is 2.28. The summed E-state index contributed by atoms with van der Waals surface area (Å²) in [5.74, 6) is -0.0174. The molecular formula is C13H23N3O2. The van der Waals surface area contributed by atoms with Gasteiger partial charge >= 0.3 is 0 Å². The molecule has 1 unspecified atom stereocenters. The second-order valence-electron chi connectivity index (χ2n) is 5.46. The lowest BCUT2D eigenvalue weighted by molar-refractivity contribution is -0.124. The second kappa shape index (κ2) is 6.18. The van der Waals surface area contributed by atoms with Gasteiger partial charge in [-0.1, -0.05) is 0 Å². The van der Waals surface area contributed by atoms with Crippen LogP contribution >= 0.6 is 0 Å². The first-order valence-electron chi connectivity index (χ1n) is 7.00. The summed E-state index contributed by atoms with van der Waals surface area (Å²) in [5, 5.41) is 6.38. The Bertz CT molecular complexity index is 311. The maximum Gasteiger partial charge on any atom is 0.237 e. The van der Waals surface area contributed by atoms with Gasteiger partial charge in [0.25, 0.3) is 0 Å². The van der Waals surface area contributed by atoms with Crippen LogP contribution in [0.3, 0.4) is 0 Å². The molecule has 2 rings (SSSR count). The fourth-order valence-corrected chi connectivity index (χ4v) is 2.93. The minimum Gasteiger partial charge on any atom is -0.369 e. The highest BCUT2D eigenvalue weighted by atomic mass is 16.2. The number of primary amides is 1. The summed E-state index contributed by atoms with van der Waals surface area (Å²) in [4.78, 5) is 22.9. The third-order valence-electron chi connectivity index (χ3n) is 4.10. The molecule has 2 aliphatic rings. The van der Waals surface area contributed by atoms with E-state index >= 15 is 0 Å². The van der Waals surface area contributed by atoms with Gasteiger partial charge in [-0.3, -0.25) is 9.59 Å². The standard InChI is InChI=1S/C13H23N3O2/c14-12(17)9-4-6-10(7-5-9)16-11-3-1-2-8-15-13(11)18/h9-11,16H,1-8H2,(H2,14,17)(H,15,18).